The Balaban J connectivity index is 2.27. The summed E-state index contributed by atoms with van der Waals surface area (Å²) in [6, 6.07) is 0. The number of carbonyl (C=O) groups is 1. The third-order valence-corrected chi connectivity index (χ3v) is 3.20. The lowest BCUT2D eigenvalue weighted by atomic mass is 9.99. The van der Waals surface area contributed by atoms with Gasteiger partial charge in [-0.25, -0.2) is 14.8 Å². The lowest BCUT2D eigenvalue weighted by molar-refractivity contribution is 0.0525. The molecule has 104 valence electrons. The van der Waals surface area contributed by atoms with E-state index in [0.29, 0.717) is 31.3 Å². The minimum absolute atomic E-state index is 0.201. The van der Waals surface area contributed by atoms with Crippen LogP contribution in [-0.4, -0.2) is 35.8 Å². The molecular formula is C13H19N3O3. The van der Waals surface area contributed by atoms with Crippen LogP contribution in [0.2, 0.25) is 0 Å². The van der Waals surface area contributed by atoms with E-state index in [2.05, 4.69) is 9.97 Å². The zero-order valence-corrected chi connectivity index (χ0v) is 11.3. The minimum Gasteiger partial charge on any atom is -0.462 e. The third-order valence-electron chi connectivity index (χ3n) is 3.20. The number of esters is 1. The maximum absolute atomic E-state index is 11.8. The van der Waals surface area contributed by atoms with Crippen LogP contribution in [0, 0.1) is 6.92 Å². The normalized spacial score (nSPS) is 16.3. The van der Waals surface area contributed by atoms with Gasteiger partial charge in [-0.3, -0.25) is 0 Å². The van der Waals surface area contributed by atoms with E-state index in [0.717, 1.165) is 12.8 Å². The van der Waals surface area contributed by atoms with Crippen LogP contribution in [-0.2, 0) is 9.47 Å². The van der Waals surface area contributed by atoms with E-state index in [4.69, 9.17) is 15.2 Å². The molecule has 0 unspecified atom stereocenters. The first kappa shape index (κ1) is 13.7. The van der Waals surface area contributed by atoms with E-state index >= 15 is 0 Å². The fourth-order valence-electron chi connectivity index (χ4n) is 2.21. The van der Waals surface area contributed by atoms with Crippen LogP contribution >= 0.6 is 0 Å². The Morgan fingerprint density at radius 2 is 2.11 bits per heavy atom. The highest BCUT2D eigenvalue weighted by atomic mass is 16.5. The molecule has 0 atom stereocenters. The molecule has 2 rings (SSSR count). The van der Waals surface area contributed by atoms with Crippen LogP contribution in [0.3, 0.4) is 0 Å². The number of aryl methyl sites for hydroxylation is 1. The number of nitrogens with two attached hydrogens (primary N) is 1. The average molecular weight is 265 g/mol. The zero-order chi connectivity index (χ0) is 13.8. The minimum atomic E-state index is -0.462. The van der Waals surface area contributed by atoms with Crippen molar-refractivity contribution in [1.29, 1.82) is 0 Å². The highest BCUT2D eigenvalue weighted by Crippen LogP contribution is 2.26. The summed E-state index contributed by atoms with van der Waals surface area (Å²) in [5.74, 6) is 0.695. The lowest BCUT2D eigenvalue weighted by Crippen LogP contribution is -2.20. The van der Waals surface area contributed by atoms with Gasteiger partial charge in [-0.15, -0.1) is 0 Å². The first-order valence-corrected chi connectivity index (χ1v) is 6.52. The van der Waals surface area contributed by atoms with E-state index < -0.39 is 5.97 Å². The van der Waals surface area contributed by atoms with Gasteiger partial charge in [-0.2, -0.15) is 0 Å². The van der Waals surface area contributed by atoms with E-state index in [-0.39, 0.29) is 17.3 Å². The first-order valence-electron chi connectivity index (χ1n) is 6.52. The van der Waals surface area contributed by atoms with E-state index in [1.165, 1.54) is 0 Å². The third kappa shape index (κ3) is 3.01. The summed E-state index contributed by atoms with van der Waals surface area (Å²) in [4.78, 5) is 20.5. The Labute approximate surface area is 112 Å². The molecule has 0 radical (unpaired) electrons. The Hall–Kier alpha value is -1.69. The Bertz CT molecular complexity index is 447. The summed E-state index contributed by atoms with van der Waals surface area (Å²) >= 11 is 0. The molecule has 0 saturated carbocycles. The second-order valence-electron chi connectivity index (χ2n) is 4.53. The molecule has 1 aliphatic rings. The van der Waals surface area contributed by atoms with Crippen LogP contribution < -0.4 is 5.73 Å². The van der Waals surface area contributed by atoms with Crippen LogP contribution in [0.25, 0.3) is 0 Å². The van der Waals surface area contributed by atoms with Crippen molar-refractivity contribution in [2.75, 3.05) is 25.6 Å². The molecule has 2 heterocycles. The van der Waals surface area contributed by atoms with Gasteiger partial charge in [-0.05, 0) is 26.7 Å². The van der Waals surface area contributed by atoms with Crippen molar-refractivity contribution in [3.8, 4) is 0 Å². The van der Waals surface area contributed by atoms with Gasteiger partial charge < -0.3 is 15.2 Å². The summed E-state index contributed by atoms with van der Waals surface area (Å²) in [7, 11) is 0. The molecule has 6 nitrogen and oxygen atoms in total. The second-order valence-corrected chi connectivity index (χ2v) is 4.53. The topological polar surface area (TPSA) is 87.3 Å². The standard InChI is InChI=1S/C13H19N3O3/c1-3-19-13(17)10-8(2)15-12(16-11(10)14)9-4-6-18-7-5-9/h9H,3-7H2,1-2H3,(H2,14,15,16). The number of rotatable bonds is 3. The molecule has 2 N–H and O–H groups in total. The molecule has 0 bridgehead atoms. The maximum Gasteiger partial charge on any atom is 0.343 e. The van der Waals surface area contributed by atoms with Crippen LogP contribution in [0.15, 0.2) is 0 Å². The van der Waals surface area contributed by atoms with Gasteiger partial charge in [0, 0.05) is 19.1 Å². The summed E-state index contributed by atoms with van der Waals surface area (Å²) in [6.45, 7) is 5.24. The second kappa shape index (κ2) is 5.97. The van der Waals surface area contributed by atoms with Crippen LogP contribution in [0.1, 0.15) is 47.6 Å². The molecule has 1 aliphatic heterocycles. The molecule has 19 heavy (non-hydrogen) atoms. The van der Waals surface area contributed by atoms with Gasteiger partial charge in [0.05, 0.1) is 12.3 Å². The fourth-order valence-corrected chi connectivity index (χ4v) is 2.21. The first-order chi connectivity index (χ1) is 9.13. The van der Waals surface area contributed by atoms with E-state index in [1.807, 2.05) is 0 Å². The number of ether oxygens (including phenoxy) is 2. The predicted octanol–water partition coefficient (Wildman–Crippen LogP) is 1.44. The molecule has 1 aromatic rings. The molecule has 0 spiro atoms. The smallest absolute Gasteiger partial charge is 0.343 e. The van der Waals surface area contributed by atoms with Crippen LogP contribution in [0.4, 0.5) is 5.82 Å². The van der Waals surface area contributed by atoms with E-state index in [1.54, 1.807) is 13.8 Å². The molecule has 1 aromatic heterocycles. The van der Waals surface area contributed by atoms with Gasteiger partial charge in [-0.1, -0.05) is 0 Å². The van der Waals surface area contributed by atoms with Crippen molar-refractivity contribution in [2.45, 2.75) is 32.6 Å². The van der Waals surface area contributed by atoms with Crippen LogP contribution in [0.5, 0.6) is 0 Å². The van der Waals surface area contributed by atoms with Crippen molar-refractivity contribution in [2.24, 2.45) is 0 Å². The number of nitrogen functional groups attached to an aromatic ring is 1. The molecule has 6 heteroatoms. The number of carbonyl (C=O) groups excluding carboxylic acids is 1. The fraction of sp³-hybridized carbons (Fsp3) is 0.615. The largest absolute Gasteiger partial charge is 0.462 e. The summed E-state index contributed by atoms with van der Waals surface area (Å²) < 4.78 is 10.3. The number of anilines is 1. The monoisotopic (exact) mass is 265 g/mol. The maximum atomic E-state index is 11.8. The Morgan fingerprint density at radius 1 is 1.42 bits per heavy atom. The van der Waals surface area contributed by atoms with Gasteiger partial charge in [0.2, 0.25) is 0 Å². The van der Waals surface area contributed by atoms with E-state index in [9.17, 15) is 4.79 Å². The van der Waals surface area contributed by atoms with Crippen molar-refractivity contribution in [3.05, 3.63) is 17.1 Å². The van der Waals surface area contributed by atoms with Gasteiger partial charge in [0.25, 0.3) is 0 Å². The summed E-state index contributed by atoms with van der Waals surface area (Å²) in [5.41, 5.74) is 6.73. The molecule has 0 amide bonds. The summed E-state index contributed by atoms with van der Waals surface area (Å²) in [6.07, 6.45) is 1.77. The quantitative estimate of drug-likeness (QED) is 0.832. The number of hydrogen-bond acceptors (Lipinski definition) is 6. The molecular weight excluding hydrogens is 246 g/mol. The van der Waals surface area contributed by atoms with Crippen molar-refractivity contribution >= 4 is 11.8 Å². The van der Waals surface area contributed by atoms with Crippen molar-refractivity contribution < 1.29 is 14.3 Å². The number of aromatic nitrogens is 2. The van der Waals surface area contributed by atoms with Gasteiger partial charge in [0.1, 0.15) is 17.2 Å². The SMILES string of the molecule is CCOC(=O)c1c(C)nc(C2CCOCC2)nc1N. The highest BCUT2D eigenvalue weighted by molar-refractivity contribution is 5.95. The molecule has 1 saturated heterocycles. The van der Waals surface area contributed by atoms with Gasteiger partial charge in [0.15, 0.2) is 0 Å². The average Bonchev–Trinajstić information content (AvgIpc) is 2.39. The number of hydrogen-bond donors (Lipinski definition) is 1. The molecule has 0 aromatic carbocycles. The molecule has 0 aliphatic carbocycles. The predicted molar refractivity (Wildman–Crippen MR) is 69.9 cm³/mol. The Morgan fingerprint density at radius 3 is 2.68 bits per heavy atom. The Kier molecular flexibility index (Phi) is 4.31. The molecule has 1 fully saturated rings. The summed E-state index contributed by atoms with van der Waals surface area (Å²) in [5, 5.41) is 0. The van der Waals surface area contributed by atoms with Crippen molar-refractivity contribution in [1.82, 2.24) is 9.97 Å². The lowest BCUT2D eigenvalue weighted by Gasteiger charge is -2.21. The zero-order valence-electron chi connectivity index (χ0n) is 11.3. The number of nitrogens with zero attached hydrogens (tertiary/aromatic N) is 2. The van der Waals surface area contributed by atoms with Gasteiger partial charge >= 0.3 is 5.97 Å². The highest BCUT2D eigenvalue weighted by Gasteiger charge is 2.23. The van der Waals surface area contributed by atoms with Crippen molar-refractivity contribution in [3.63, 3.8) is 0 Å².